The number of aromatic nitrogens is 2. The predicted octanol–water partition coefficient (Wildman–Crippen LogP) is 7.04. The van der Waals surface area contributed by atoms with Gasteiger partial charge >= 0.3 is 6.18 Å². The van der Waals surface area contributed by atoms with Gasteiger partial charge in [0.25, 0.3) is 5.91 Å². The van der Waals surface area contributed by atoms with Crippen LogP contribution in [-0.4, -0.2) is 38.1 Å². The molecule has 6 nitrogen and oxygen atoms in total. The van der Waals surface area contributed by atoms with E-state index in [2.05, 4.69) is 10.4 Å². The van der Waals surface area contributed by atoms with E-state index in [9.17, 15) is 22.4 Å². The number of carbonyl (C=O) groups is 1. The van der Waals surface area contributed by atoms with Crippen LogP contribution < -0.4 is 5.32 Å². The number of alkyl halides is 3. The zero-order valence-electron chi connectivity index (χ0n) is 23.2. The number of amidine groups is 1. The SMILES string of the molecule is Cc1cc([C@@H](NC(=O)c2cc(CN3CCSC3=N)cc(-c3cn(CC(C)C)nc3C(F)(F)F)c2)C2CC2)ccc1F. The number of carbonyl (C=O) groups excluding carboxylic acids is 1. The first kappa shape index (κ1) is 29.2. The average Bonchev–Trinajstić information content (AvgIpc) is 3.53. The molecule has 0 radical (unpaired) electrons. The minimum absolute atomic E-state index is 0.0876. The first-order chi connectivity index (χ1) is 19.4. The summed E-state index contributed by atoms with van der Waals surface area (Å²) in [6.45, 7) is 6.73. The van der Waals surface area contributed by atoms with E-state index >= 15 is 0 Å². The molecule has 1 aliphatic heterocycles. The van der Waals surface area contributed by atoms with Gasteiger partial charge in [0, 0.05) is 42.7 Å². The molecule has 1 aliphatic carbocycles. The first-order valence-corrected chi connectivity index (χ1v) is 14.7. The zero-order chi connectivity index (χ0) is 29.5. The molecule has 11 heteroatoms. The molecular weight excluding hydrogens is 554 g/mol. The molecule has 0 bridgehead atoms. The third kappa shape index (κ3) is 6.77. The van der Waals surface area contributed by atoms with Crippen LogP contribution in [0.1, 0.15) is 65.5 Å². The lowest BCUT2D eigenvalue weighted by atomic mass is 9.97. The number of hydrogen-bond acceptors (Lipinski definition) is 4. The molecule has 1 saturated carbocycles. The molecule has 218 valence electrons. The highest BCUT2D eigenvalue weighted by atomic mass is 32.2. The fourth-order valence-electron chi connectivity index (χ4n) is 5.18. The fourth-order valence-corrected chi connectivity index (χ4v) is 6.03. The van der Waals surface area contributed by atoms with Crippen LogP contribution in [0.5, 0.6) is 0 Å². The van der Waals surface area contributed by atoms with Crippen LogP contribution in [0.2, 0.25) is 0 Å². The second-order valence-corrected chi connectivity index (χ2v) is 12.4. The van der Waals surface area contributed by atoms with Gasteiger partial charge in [-0.05, 0) is 78.1 Å². The highest BCUT2D eigenvalue weighted by molar-refractivity contribution is 8.14. The van der Waals surface area contributed by atoms with E-state index in [4.69, 9.17) is 5.41 Å². The number of aryl methyl sites for hydroxylation is 1. The summed E-state index contributed by atoms with van der Waals surface area (Å²) < 4.78 is 57.6. The minimum atomic E-state index is -4.68. The molecule has 1 aromatic heterocycles. The van der Waals surface area contributed by atoms with Gasteiger partial charge in [0.05, 0.1) is 6.04 Å². The van der Waals surface area contributed by atoms with E-state index in [1.54, 1.807) is 31.2 Å². The van der Waals surface area contributed by atoms with Crippen LogP contribution in [0.3, 0.4) is 0 Å². The van der Waals surface area contributed by atoms with Crippen molar-refractivity contribution in [3.63, 3.8) is 0 Å². The van der Waals surface area contributed by atoms with Gasteiger partial charge in [-0.2, -0.15) is 18.3 Å². The van der Waals surface area contributed by atoms with Gasteiger partial charge in [-0.25, -0.2) is 4.39 Å². The Kier molecular flexibility index (Phi) is 8.18. The molecule has 0 spiro atoms. The van der Waals surface area contributed by atoms with E-state index in [-0.39, 0.29) is 40.4 Å². The van der Waals surface area contributed by atoms with Gasteiger partial charge in [-0.15, -0.1) is 0 Å². The third-order valence-corrected chi connectivity index (χ3v) is 8.25. The van der Waals surface area contributed by atoms with Gasteiger partial charge in [0.15, 0.2) is 10.9 Å². The maximum atomic E-state index is 14.1. The Bertz CT molecular complexity index is 1460. The minimum Gasteiger partial charge on any atom is -0.347 e. The lowest BCUT2D eigenvalue weighted by Gasteiger charge is -2.21. The molecule has 1 saturated heterocycles. The molecule has 2 heterocycles. The zero-order valence-corrected chi connectivity index (χ0v) is 24.0. The van der Waals surface area contributed by atoms with Crippen LogP contribution in [-0.2, 0) is 19.3 Å². The van der Waals surface area contributed by atoms with Gasteiger partial charge in [-0.1, -0.05) is 37.7 Å². The molecule has 2 aliphatic rings. The van der Waals surface area contributed by atoms with Gasteiger partial charge in [0.2, 0.25) is 0 Å². The van der Waals surface area contributed by atoms with Crippen molar-refractivity contribution in [2.45, 2.75) is 58.9 Å². The van der Waals surface area contributed by atoms with E-state index in [0.717, 1.165) is 24.2 Å². The summed E-state index contributed by atoms with van der Waals surface area (Å²) in [4.78, 5) is 15.5. The summed E-state index contributed by atoms with van der Waals surface area (Å²) in [5, 5.41) is 15.5. The molecular formula is C30H33F4N5OS. The third-order valence-electron chi connectivity index (χ3n) is 7.33. The second kappa shape index (κ2) is 11.5. The monoisotopic (exact) mass is 587 g/mol. The predicted molar refractivity (Wildman–Crippen MR) is 152 cm³/mol. The van der Waals surface area contributed by atoms with Crippen LogP contribution >= 0.6 is 11.8 Å². The second-order valence-electron chi connectivity index (χ2n) is 11.3. The van der Waals surface area contributed by atoms with Gasteiger partial charge < -0.3 is 10.2 Å². The maximum absolute atomic E-state index is 14.1. The molecule has 0 unspecified atom stereocenters. The topological polar surface area (TPSA) is 74.0 Å². The van der Waals surface area contributed by atoms with E-state index in [1.807, 2.05) is 18.7 Å². The molecule has 41 heavy (non-hydrogen) atoms. The Labute approximate surface area is 241 Å². The summed E-state index contributed by atoms with van der Waals surface area (Å²) in [5.41, 5.74) is 1.30. The van der Waals surface area contributed by atoms with Crippen molar-refractivity contribution < 1.29 is 22.4 Å². The number of benzene rings is 2. The Morgan fingerprint density at radius 2 is 1.95 bits per heavy atom. The van der Waals surface area contributed by atoms with Crippen molar-refractivity contribution in [1.29, 1.82) is 5.41 Å². The summed E-state index contributed by atoms with van der Waals surface area (Å²) in [7, 11) is 0. The van der Waals surface area contributed by atoms with Gasteiger partial charge in [-0.3, -0.25) is 14.9 Å². The highest BCUT2D eigenvalue weighted by Gasteiger charge is 2.38. The Morgan fingerprint density at radius 3 is 2.56 bits per heavy atom. The number of thioether (sulfide) groups is 1. The normalized spacial score (nSPS) is 16.5. The van der Waals surface area contributed by atoms with E-state index in [0.29, 0.717) is 35.9 Å². The molecule has 2 N–H and O–H groups in total. The molecule has 2 aromatic carbocycles. The number of nitrogens with one attached hydrogen (secondary N) is 2. The quantitative estimate of drug-likeness (QED) is 0.264. The molecule has 1 amide bonds. The Morgan fingerprint density at radius 1 is 1.20 bits per heavy atom. The van der Waals surface area contributed by atoms with Crippen molar-refractivity contribution in [1.82, 2.24) is 20.0 Å². The van der Waals surface area contributed by atoms with E-state index < -0.39 is 17.8 Å². The highest BCUT2D eigenvalue weighted by Crippen LogP contribution is 2.42. The summed E-state index contributed by atoms with van der Waals surface area (Å²) in [6.07, 6.45) is -1.44. The number of nitrogens with zero attached hydrogens (tertiary/aromatic N) is 3. The fraction of sp³-hybridized carbons (Fsp3) is 0.433. The number of halogens is 4. The van der Waals surface area contributed by atoms with Crippen molar-refractivity contribution in [2.24, 2.45) is 11.8 Å². The van der Waals surface area contributed by atoms with Crippen LogP contribution in [0.25, 0.3) is 11.1 Å². The van der Waals surface area contributed by atoms with Crippen molar-refractivity contribution >= 4 is 22.8 Å². The Hall–Kier alpha value is -3.34. The molecule has 5 rings (SSSR count). The number of hydrogen-bond donors (Lipinski definition) is 2. The Balaban J connectivity index is 1.54. The smallest absolute Gasteiger partial charge is 0.347 e. The summed E-state index contributed by atoms with van der Waals surface area (Å²) >= 11 is 1.41. The van der Waals surface area contributed by atoms with Crippen molar-refractivity contribution in [3.8, 4) is 11.1 Å². The van der Waals surface area contributed by atoms with Crippen molar-refractivity contribution in [3.05, 3.63) is 76.4 Å². The van der Waals surface area contributed by atoms with Crippen molar-refractivity contribution in [2.75, 3.05) is 12.3 Å². The maximum Gasteiger partial charge on any atom is 0.435 e. The summed E-state index contributed by atoms with van der Waals surface area (Å²) in [5.74, 6) is 0.313. The van der Waals surface area contributed by atoms with Crippen LogP contribution in [0.15, 0.2) is 42.6 Å². The van der Waals surface area contributed by atoms with E-state index in [1.165, 1.54) is 34.8 Å². The largest absolute Gasteiger partial charge is 0.435 e. The lowest BCUT2D eigenvalue weighted by molar-refractivity contribution is -0.141. The molecule has 2 fully saturated rings. The molecule has 1 atom stereocenters. The molecule has 3 aromatic rings. The first-order valence-electron chi connectivity index (χ1n) is 13.7. The number of rotatable bonds is 9. The number of amides is 1. The average molecular weight is 588 g/mol. The van der Waals surface area contributed by atoms with Crippen LogP contribution in [0.4, 0.5) is 17.6 Å². The lowest BCUT2D eigenvalue weighted by Crippen LogP contribution is -2.30. The summed E-state index contributed by atoms with van der Waals surface area (Å²) in [6, 6.07) is 9.27. The van der Waals surface area contributed by atoms with Crippen LogP contribution in [0, 0.1) is 30.0 Å². The standard InChI is InChI=1S/C30H33F4N5OS/c1-17(2)14-39-16-24(27(37-39)30(32,33)34)22-11-19(15-38-8-9-41-29(38)35)12-23(13-22)28(40)36-26(20-4-5-20)21-6-7-25(31)18(3)10-21/h6-7,10-13,16-17,20,26,35H,4-5,8-9,14-15H2,1-3H3,(H,36,40)/t26-/m0/s1. The van der Waals surface area contributed by atoms with Gasteiger partial charge in [0.1, 0.15) is 5.82 Å².